The lowest BCUT2D eigenvalue weighted by atomic mass is 10.1. The van der Waals surface area contributed by atoms with Crippen molar-refractivity contribution in [2.75, 3.05) is 29.9 Å². The van der Waals surface area contributed by atoms with Gasteiger partial charge in [0.25, 0.3) is 11.8 Å². The maximum Gasteiger partial charge on any atom is 0.262 e. The van der Waals surface area contributed by atoms with E-state index in [4.69, 9.17) is 0 Å². The first-order chi connectivity index (χ1) is 13.5. The van der Waals surface area contributed by atoms with Crippen molar-refractivity contribution >= 4 is 29.2 Å². The summed E-state index contributed by atoms with van der Waals surface area (Å²) in [6.45, 7) is 5.76. The molecular formula is C21H24N4O3. The van der Waals surface area contributed by atoms with Crippen molar-refractivity contribution in [1.29, 1.82) is 0 Å². The number of fused-ring (bicyclic) bond motifs is 1. The predicted molar refractivity (Wildman–Crippen MR) is 107 cm³/mol. The number of benzene rings is 1. The minimum Gasteiger partial charge on any atom is -0.357 e. The molecule has 1 N–H and O–H groups in total. The second kappa shape index (κ2) is 8.65. The molecule has 0 saturated heterocycles. The smallest absolute Gasteiger partial charge is 0.262 e. The Labute approximate surface area is 164 Å². The minimum absolute atomic E-state index is 0.327. The van der Waals surface area contributed by atoms with E-state index in [1.807, 2.05) is 6.07 Å². The molecule has 28 heavy (non-hydrogen) atoms. The van der Waals surface area contributed by atoms with Crippen LogP contribution in [0.5, 0.6) is 0 Å². The van der Waals surface area contributed by atoms with Gasteiger partial charge in [0.15, 0.2) is 0 Å². The van der Waals surface area contributed by atoms with Gasteiger partial charge in [-0.15, -0.1) is 0 Å². The van der Waals surface area contributed by atoms with Crippen LogP contribution >= 0.6 is 0 Å². The summed E-state index contributed by atoms with van der Waals surface area (Å²) in [4.78, 5) is 44.6. The molecule has 1 aromatic carbocycles. The van der Waals surface area contributed by atoms with Gasteiger partial charge in [0, 0.05) is 13.1 Å². The Bertz CT molecular complexity index is 838. The predicted octanol–water partition coefficient (Wildman–Crippen LogP) is 2.94. The largest absolute Gasteiger partial charge is 0.357 e. The summed E-state index contributed by atoms with van der Waals surface area (Å²) < 4.78 is 0. The summed E-state index contributed by atoms with van der Waals surface area (Å²) in [6, 6.07) is 10.2. The zero-order valence-corrected chi connectivity index (χ0v) is 16.1. The molecule has 0 atom stereocenters. The van der Waals surface area contributed by atoms with Crippen molar-refractivity contribution in [2.45, 2.75) is 26.7 Å². The van der Waals surface area contributed by atoms with E-state index in [1.54, 1.807) is 36.5 Å². The van der Waals surface area contributed by atoms with Gasteiger partial charge in [-0.1, -0.05) is 26.0 Å². The molecule has 1 aromatic heterocycles. The SMILES string of the molecule is CCCN(CCC)c1ccc(NC(=O)CN2C(=O)c3ccccc3C2=O)cn1. The second-order valence-corrected chi connectivity index (χ2v) is 6.68. The molecule has 3 amide bonds. The molecule has 0 saturated carbocycles. The molecule has 1 aliphatic heterocycles. The fraction of sp³-hybridized carbons (Fsp3) is 0.333. The lowest BCUT2D eigenvalue weighted by molar-refractivity contribution is -0.116. The lowest BCUT2D eigenvalue weighted by Gasteiger charge is -2.22. The number of nitrogens with zero attached hydrogens (tertiary/aromatic N) is 3. The molecule has 0 radical (unpaired) electrons. The summed E-state index contributed by atoms with van der Waals surface area (Å²) in [7, 11) is 0. The fourth-order valence-corrected chi connectivity index (χ4v) is 3.25. The normalized spacial score (nSPS) is 12.9. The number of rotatable bonds is 8. The first-order valence-corrected chi connectivity index (χ1v) is 9.51. The number of carbonyl (C=O) groups excluding carboxylic acids is 3. The van der Waals surface area contributed by atoms with Crippen LogP contribution in [0.2, 0.25) is 0 Å². The highest BCUT2D eigenvalue weighted by Crippen LogP contribution is 2.22. The van der Waals surface area contributed by atoms with Crippen molar-refractivity contribution in [3.63, 3.8) is 0 Å². The van der Waals surface area contributed by atoms with Gasteiger partial charge in [0.1, 0.15) is 12.4 Å². The molecule has 2 aromatic rings. The van der Waals surface area contributed by atoms with Crippen LogP contribution in [0.25, 0.3) is 0 Å². The Morgan fingerprint density at radius 3 is 2.11 bits per heavy atom. The van der Waals surface area contributed by atoms with Crippen LogP contribution < -0.4 is 10.2 Å². The van der Waals surface area contributed by atoms with Crippen molar-refractivity contribution < 1.29 is 14.4 Å². The van der Waals surface area contributed by atoms with Crippen molar-refractivity contribution in [3.8, 4) is 0 Å². The molecular weight excluding hydrogens is 356 g/mol. The Hall–Kier alpha value is -3.22. The molecule has 0 bridgehead atoms. The van der Waals surface area contributed by atoms with Gasteiger partial charge in [0.05, 0.1) is 23.0 Å². The number of hydrogen-bond donors (Lipinski definition) is 1. The van der Waals surface area contributed by atoms with Gasteiger partial charge >= 0.3 is 0 Å². The number of hydrogen-bond acceptors (Lipinski definition) is 5. The van der Waals surface area contributed by atoms with Crippen LogP contribution in [0.15, 0.2) is 42.6 Å². The molecule has 0 fully saturated rings. The number of carbonyl (C=O) groups is 3. The van der Waals surface area contributed by atoms with Crippen molar-refractivity contribution in [3.05, 3.63) is 53.7 Å². The van der Waals surface area contributed by atoms with E-state index in [2.05, 4.69) is 29.0 Å². The molecule has 1 aliphatic rings. The van der Waals surface area contributed by atoms with Crippen LogP contribution in [0.1, 0.15) is 47.4 Å². The van der Waals surface area contributed by atoms with E-state index in [9.17, 15) is 14.4 Å². The van der Waals surface area contributed by atoms with Gasteiger partial charge < -0.3 is 10.2 Å². The van der Waals surface area contributed by atoms with Gasteiger partial charge in [0.2, 0.25) is 5.91 Å². The third-order valence-corrected chi connectivity index (χ3v) is 4.52. The molecule has 0 unspecified atom stereocenters. The maximum absolute atomic E-state index is 12.3. The number of imide groups is 1. The monoisotopic (exact) mass is 380 g/mol. The summed E-state index contributed by atoms with van der Waals surface area (Å²) in [5.41, 5.74) is 1.19. The highest BCUT2D eigenvalue weighted by molar-refractivity contribution is 6.22. The van der Waals surface area contributed by atoms with E-state index in [1.165, 1.54) is 0 Å². The number of nitrogens with one attached hydrogen (secondary N) is 1. The minimum atomic E-state index is -0.445. The van der Waals surface area contributed by atoms with Crippen LogP contribution in [0.3, 0.4) is 0 Å². The zero-order chi connectivity index (χ0) is 20.1. The summed E-state index contributed by atoms with van der Waals surface area (Å²) in [5, 5.41) is 2.70. The molecule has 3 rings (SSSR count). The summed E-state index contributed by atoms with van der Waals surface area (Å²) >= 11 is 0. The van der Waals surface area contributed by atoms with Gasteiger partial charge in [-0.05, 0) is 37.1 Å². The average molecular weight is 380 g/mol. The Balaban J connectivity index is 1.63. The van der Waals surface area contributed by atoms with Crippen LogP contribution in [-0.4, -0.2) is 47.2 Å². The molecule has 0 spiro atoms. The molecule has 7 heteroatoms. The van der Waals surface area contributed by atoms with E-state index >= 15 is 0 Å². The number of anilines is 2. The zero-order valence-electron chi connectivity index (χ0n) is 16.1. The van der Waals surface area contributed by atoms with Crippen LogP contribution in [-0.2, 0) is 4.79 Å². The summed E-state index contributed by atoms with van der Waals surface area (Å²) in [6.07, 6.45) is 3.65. The lowest BCUT2D eigenvalue weighted by Crippen LogP contribution is -2.37. The maximum atomic E-state index is 12.3. The van der Waals surface area contributed by atoms with Crippen molar-refractivity contribution in [2.24, 2.45) is 0 Å². The van der Waals surface area contributed by atoms with E-state index in [0.29, 0.717) is 16.8 Å². The van der Waals surface area contributed by atoms with Crippen LogP contribution in [0.4, 0.5) is 11.5 Å². The third kappa shape index (κ3) is 4.03. The van der Waals surface area contributed by atoms with E-state index in [0.717, 1.165) is 36.6 Å². The first kappa shape index (κ1) is 19.5. The number of aromatic nitrogens is 1. The number of pyridine rings is 1. The quantitative estimate of drug-likeness (QED) is 0.712. The summed E-state index contributed by atoms with van der Waals surface area (Å²) in [5.74, 6) is -0.469. The molecule has 0 aliphatic carbocycles. The fourth-order valence-electron chi connectivity index (χ4n) is 3.25. The van der Waals surface area contributed by atoms with E-state index in [-0.39, 0.29) is 6.54 Å². The van der Waals surface area contributed by atoms with Gasteiger partial charge in [-0.3, -0.25) is 19.3 Å². The molecule has 2 heterocycles. The Kier molecular flexibility index (Phi) is 6.03. The first-order valence-electron chi connectivity index (χ1n) is 9.51. The van der Waals surface area contributed by atoms with Gasteiger partial charge in [-0.25, -0.2) is 4.98 Å². The van der Waals surface area contributed by atoms with Gasteiger partial charge in [-0.2, -0.15) is 0 Å². The van der Waals surface area contributed by atoms with E-state index < -0.39 is 17.7 Å². The Morgan fingerprint density at radius 2 is 1.61 bits per heavy atom. The molecule has 7 nitrogen and oxygen atoms in total. The average Bonchev–Trinajstić information content (AvgIpc) is 2.94. The standard InChI is InChI=1S/C21H24N4O3/c1-3-11-24(12-4-2)18-10-9-15(13-22-18)23-19(26)14-25-20(27)16-7-5-6-8-17(16)21(25)28/h5-10,13H,3-4,11-12,14H2,1-2H3,(H,23,26). The highest BCUT2D eigenvalue weighted by Gasteiger charge is 2.36. The highest BCUT2D eigenvalue weighted by atomic mass is 16.2. The number of amides is 3. The second-order valence-electron chi connectivity index (χ2n) is 6.68. The van der Waals surface area contributed by atoms with Crippen LogP contribution in [0, 0.1) is 0 Å². The third-order valence-electron chi connectivity index (χ3n) is 4.52. The topological polar surface area (TPSA) is 82.6 Å². The van der Waals surface area contributed by atoms with Crippen molar-refractivity contribution in [1.82, 2.24) is 9.88 Å². The molecule has 146 valence electrons. The Morgan fingerprint density at radius 1 is 1.00 bits per heavy atom.